The highest BCUT2D eigenvalue weighted by Gasteiger charge is 2.22. The highest BCUT2D eigenvalue weighted by Crippen LogP contribution is 2.32. The van der Waals surface area contributed by atoms with Crippen LogP contribution >= 0.6 is 0 Å². The third kappa shape index (κ3) is 4.61. The van der Waals surface area contributed by atoms with Crippen molar-refractivity contribution < 1.29 is 9.47 Å². The van der Waals surface area contributed by atoms with Gasteiger partial charge >= 0.3 is 0 Å². The number of anilines is 5. The monoisotopic (exact) mass is 435 g/mol. The Kier molecular flexibility index (Phi) is 6.44. The van der Waals surface area contributed by atoms with Gasteiger partial charge < -0.3 is 29.5 Å². The van der Waals surface area contributed by atoms with Gasteiger partial charge in [-0.25, -0.2) is 4.98 Å². The lowest BCUT2D eigenvalue weighted by atomic mass is 10.2. The molecular formula is C23H29N7O2. The fourth-order valence-corrected chi connectivity index (χ4v) is 3.66. The van der Waals surface area contributed by atoms with Crippen molar-refractivity contribution in [2.75, 3.05) is 74.5 Å². The lowest BCUT2D eigenvalue weighted by Gasteiger charge is -2.35. The van der Waals surface area contributed by atoms with Crippen LogP contribution in [0.5, 0.6) is 11.5 Å². The van der Waals surface area contributed by atoms with Crippen molar-refractivity contribution in [3.8, 4) is 11.5 Å². The van der Waals surface area contributed by atoms with Gasteiger partial charge in [0.05, 0.1) is 14.2 Å². The van der Waals surface area contributed by atoms with E-state index in [4.69, 9.17) is 19.4 Å². The van der Waals surface area contributed by atoms with Crippen LogP contribution in [0.4, 0.5) is 29.1 Å². The second kappa shape index (κ2) is 9.59. The Labute approximate surface area is 188 Å². The molecule has 1 aliphatic heterocycles. The molecule has 4 rings (SSSR count). The normalized spacial score (nSPS) is 13.6. The number of rotatable bonds is 7. The molecular weight excluding hydrogens is 406 g/mol. The van der Waals surface area contributed by atoms with Gasteiger partial charge in [0.2, 0.25) is 5.95 Å². The molecule has 0 unspecified atom stereocenters. The van der Waals surface area contributed by atoms with Crippen LogP contribution in [0, 0.1) is 0 Å². The van der Waals surface area contributed by atoms with Crippen LogP contribution < -0.4 is 29.5 Å². The van der Waals surface area contributed by atoms with Gasteiger partial charge in [-0.1, -0.05) is 6.07 Å². The zero-order valence-corrected chi connectivity index (χ0v) is 18.9. The third-order valence-corrected chi connectivity index (χ3v) is 5.56. The minimum Gasteiger partial charge on any atom is -0.497 e. The Balaban J connectivity index is 1.57. The van der Waals surface area contributed by atoms with Crippen LogP contribution in [0.3, 0.4) is 0 Å². The summed E-state index contributed by atoms with van der Waals surface area (Å²) in [6, 6.07) is 13.7. The Bertz CT molecular complexity index is 1020. The predicted octanol–water partition coefficient (Wildman–Crippen LogP) is 3.03. The van der Waals surface area contributed by atoms with Crippen molar-refractivity contribution in [2.45, 2.75) is 0 Å². The van der Waals surface area contributed by atoms with Crippen molar-refractivity contribution >= 4 is 29.1 Å². The van der Waals surface area contributed by atoms with E-state index in [2.05, 4.69) is 20.1 Å². The van der Waals surface area contributed by atoms with Crippen LogP contribution in [0.15, 0.2) is 48.7 Å². The number of pyridine rings is 1. The molecule has 9 nitrogen and oxygen atoms in total. The summed E-state index contributed by atoms with van der Waals surface area (Å²) < 4.78 is 10.8. The van der Waals surface area contributed by atoms with Crippen molar-refractivity contribution in [3.63, 3.8) is 0 Å². The average molecular weight is 436 g/mol. The largest absolute Gasteiger partial charge is 0.497 e. The van der Waals surface area contributed by atoms with Crippen LogP contribution in [-0.2, 0) is 0 Å². The van der Waals surface area contributed by atoms with E-state index in [0.717, 1.165) is 60.8 Å². The van der Waals surface area contributed by atoms with E-state index >= 15 is 0 Å². The summed E-state index contributed by atoms with van der Waals surface area (Å²) in [7, 11) is 7.12. The maximum atomic E-state index is 5.42. The number of hydrogen-bond acceptors (Lipinski definition) is 9. The molecule has 0 saturated carbocycles. The summed E-state index contributed by atoms with van der Waals surface area (Å²) in [5.74, 6) is 4.69. The molecule has 1 aliphatic rings. The number of nitrogens with one attached hydrogen (secondary N) is 1. The SMILES string of the molecule is CNc1cc(N(C)c2cc(OC)cc(OC)c2)nc(N2CCN(c3ccccn3)CC2)n1. The molecule has 1 N–H and O–H groups in total. The standard InChI is InChI=1S/C23H29N7O2/c1-24-20-16-22(28(2)17-13-18(31-3)15-19(14-17)32-4)27-23(26-20)30-11-9-29(10-12-30)21-7-5-6-8-25-21/h5-8,13-16H,9-12H2,1-4H3,(H,24,26,27). The second-order valence-corrected chi connectivity index (χ2v) is 7.45. The molecule has 2 aromatic heterocycles. The van der Waals surface area contributed by atoms with E-state index in [0.29, 0.717) is 5.95 Å². The number of hydrogen-bond donors (Lipinski definition) is 1. The first-order chi connectivity index (χ1) is 15.6. The molecule has 1 fully saturated rings. The molecule has 9 heteroatoms. The van der Waals surface area contributed by atoms with E-state index in [-0.39, 0.29) is 0 Å². The lowest BCUT2D eigenvalue weighted by molar-refractivity contribution is 0.394. The molecule has 0 radical (unpaired) electrons. The summed E-state index contributed by atoms with van der Waals surface area (Å²) in [5, 5.41) is 3.16. The smallest absolute Gasteiger partial charge is 0.229 e. The minimum absolute atomic E-state index is 0.703. The van der Waals surface area contributed by atoms with Gasteiger partial charge in [0.15, 0.2) is 0 Å². The van der Waals surface area contributed by atoms with Crippen molar-refractivity contribution in [3.05, 3.63) is 48.7 Å². The van der Waals surface area contributed by atoms with E-state index < -0.39 is 0 Å². The van der Waals surface area contributed by atoms with E-state index in [1.54, 1.807) is 14.2 Å². The molecule has 1 aromatic carbocycles. The summed E-state index contributed by atoms with van der Waals surface area (Å²) in [6.07, 6.45) is 1.83. The minimum atomic E-state index is 0.703. The van der Waals surface area contributed by atoms with Crippen LogP contribution in [0.2, 0.25) is 0 Å². The number of ether oxygens (including phenoxy) is 2. The predicted molar refractivity (Wildman–Crippen MR) is 128 cm³/mol. The van der Waals surface area contributed by atoms with E-state index in [1.165, 1.54) is 0 Å². The fraction of sp³-hybridized carbons (Fsp3) is 0.348. The quantitative estimate of drug-likeness (QED) is 0.602. The Hall–Kier alpha value is -3.75. The fourth-order valence-electron chi connectivity index (χ4n) is 3.66. The molecule has 3 heterocycles. The van der Waals surface area contributed by atoms with Gasteiger partial charge in [-0.2, -0.15) is 9.97 Å². The third-order valence-electron chi connectivity index (χ3n) is 5.56. The molecule has 3 aromatic rings. The van der Waals surface area contributed by atoms with Gasteiger partial charge in [0.25, 0.3) is 0 Å². The molecule has 0 spiro atoms. The maximum Gasteiger partial charge on any atom is 0.229 e. The molecule has 0 bridgehead atoms. The molecule has 0 atom stereocenters. The summed E-state index contributed by atoms with van der Waals surface area (Å²) in [5.41, 5.74) is 0.910. The second-order valence-electron chi connectivity index (χ2n) is 7.45. The number of nitrogens with zero attached hydrogens (tertiary/aromatic N) is 6. The maximum absolute atomic E-state index is 5.42. The molecule has 0 aliphatic carbocycles. The lowest BCUT2D eigenvalue weighted by Crippen LogP contribution is -2.47. The van der Waals surface area contributed by atoms with Crippen LogP contribution in [0.1, 0.15) is 0 Å². The van der Waals surface area contributed by atoms with E-state index in [1.807, 2.05) is 67.7 Å². The average Bonchev–Trinajstić information content (AvgIpc) is 2.88. The van der Waals surface area contributed by atoms with Gasteiger partial charge in [0, 0.05) is 76.4 Å². The Morgan fingerprint density at radius 2 is 1.59 bits per heavy atom. The van der Waals surface area contributed by atoms with E-state index in [9.17, 15) is 0 Å². The first-order valence-corrected chi connectivity index (χ1v) is 10.6. The van der Waals surface area contributed by atoms with Crippen LogP contribution in [0.25, 0.3) is 0 Å². The summed E-state index contributed by atoms with van der Waals surface area (Å²) >= 11 is 0. The van der Waals surface area contributed by atoms with Gasteiger partial charge in [-0.3, -0.25) is 0 Å². The van der Waals surface area contributed by atoms with Crippen molar-refractivity contribution in [2.24, 2.45) is 0 Å². The highest BCUT2D eigenvalue weighted by molar-refractivity contribution is 5.66. The molecule has 32 heavy (non-hydrogen) atoms. The number of benzene rings is 1. The molecule has 0 amide bonds. The zero-order valence-electron chi connectivity index (χ0n) is 18.9. The number of piperazine rings is 1. The molecule has 1 saturated heterocycles. The van der Waals surface area contributed by atoms with Gasteiger partial charge in [0.1, 0.15) is 29.0 Å². The van der Waals surface area contributed by atoms with Crippen molar-refractivity contribution in [1.29, 1.82) is 0 Å². The summed E-state index contributed by atoms with van der Waals surface area (Å²) in [4.78, 5) is 20.6. The number of methoxy groups -OCH3 is 2. The van der Waals surface area contributed by atoms with Gasteiger partial charge in [-0.05, 0) is 12.1 Å². The first-order valence-electron chi connectivity index (χ1n) is 10.6. The van der Waals surface area contributed by atoms with Gasteiger partial charge in [-0.15, -0.1) is 0 Å². The van der Waals surface area contributed by atoms with Crippen LogP contribution in [-0.4, -0.2) is 69.4 Å². The first kappa shape index (κ1) is 21.5. The summed E-state index contributed by atoms with van der Waals surface area (Å²) in [6.45, 7) is 3.37. The molecule has 168 valence electrons. The van der Waals surface area contributed by atoms with Crippen molar-refractivity contribution in [1.82, 2.24) is 15.0 Å². The topological polar surface area (TPSA) is 78.9 Å². The zero-order chi connectivity index (χ0) is 22.5. The Morgan fingerprint density at radius 1 is 0.906 bits per heavy atom. The Morgan fingerprint density at radius 3 is 2.19 bits per heavy atom. The highest BCUT2D eigenvalue weighted by atomic mass is 16.5. The number of aromatic nitrogens is 3.